The van der Waals surface area contributed by atoms with Gasteiger partial charge in [0.25, 0.3) is 0 Å². The number of anilines is 1. The van der Waals surface area contributed by atoms with Gasteiger partial charge in [0.1, 0.15) is 6.33 Å². The fraction of sp³-hybridized carbons (Fsp3) is 0.583. The maximum Gasteiger partial charge on any atom is 0.310 e. The molecule has 0 aromatic carbocycles. The van der Waals surface area contributed by atoms with Crippen molar-refractivity contribution in [1.82, 2.24) is 9.97 Å². The minimum Gasteiger partial charge on any atom is -0.466 e. The van der Waals surface area contributed by atoms with E-state index in [2.05, 4.69) is 14.9 Å². The van der Waals surface area contributed by atoms with E-state index < -0.39 is 0 Å². The average molecular weight is 235 g/mol. The first-order valence-electron chi connectivity index (χ1n) is 5.98. The lowest BCUT2D eigenvalue weighted by molar-refractivity contribution is -0.148. The molecule has 1 saturated heterocycles. The minimum atomic E-state index is -0.0888. The zero-order valence-electron chi connectivity index (χ0n) is 10.0. The number of ether oxygens (including phenoxy) is 1. The van der Waals surface area contributed by atoms with Gasteiger partial charge in [-0.25, -0.2) is 9.97 Å². The molecule has 0 aliphatic carbocycles. The van der Waals surface area contributed by atoms with Gasteiger partial charge < -0.3 is 9.64 Å². The lowest BCUT2D eigenvalue weighted by Crippen LogP contribution is -2.39. The van der Waals surface area contributed by atoms with Crippen LogP contribution in [0.1, 0.15) is 19.8 Å². The zero-order chi connectivity index (χ0) is 12.1. The SMILES string of the molecule is CCOC(=O)C1CCCN(c2cncnc2)C1. The molecule has 5 heteroatoms. The Kier molecular flexibility index (Phi) is 3.90. The van der Waals surface area contributed by atoms with Gasteiger partial charge in [-0.2, -0.15) is 0 Å². The molecule has 1 aromatic heterocycles. The van der Waals surface area contributed by atoms with Crippen LogP contribution in [0, 0.1) is 5.92 Å². The van der Waals surface area contributed by atoms with Crippen LogP contribution in [-0.4, -0.2) is 35.6 Å². The molecular formula is C12H17N3O2. The summed E-state index contributed by atoms with van der Waals surface area (Å²) in [5.74, 6) is -0.113. The molecule has 0 N–H and O–H groups in total. The summed E-state index contributed by atoms with van der Waals surface area (Å²) in [6, 6.07) is 0. The number of rotatable bonds is 3. The lowest BCUT2D eigenvalue weighted by Gasteiger charge is -2.32. The Morgan fingerprint density at radius 3 is 3.00 bits per heavy atom. The Labute approximate surface area is 101 Å². The van der Waals surface area contributed by atoms with E-state index in [0.717, 1.165) is 25.1 Å². The molecule has 92 valence electrons. The van der Waals surface area contributed by atoms with Crippen LogP contribution in [0.25, 0.3) is 0 Å². The highest BCUT2D eigenvalue weighted by atomic mass is 16.5. The van der Waals surface area contributed by atoms with Crippen molar-refractivity contribution >= 4 is 11.7 Å². The molecule has 0 amide bonds. The monoisotopic (exact) mass is 235 g/mol. The van der Waals surface area contributed by atoms with Gasteiger partial charge >= 0.3 is 5.97 Å². The largest absolute Gasteiger partial charge is 0.466 e. The molecule has 2 rings (SSSR count). The molecular weight excluding hydrogens is 218 g/mol. The van der Waals surface area contributed by atoms with Gasteiger partial charge in [-0.05, 0) is 19.8 Å². The molecule has 17 heavy (non-hydrogen) atoms. The van der Waals surface area contributed by atoms with Crippen molar-refractivity contribution in [2.45, 2.75) is 19.8 Å². The van der Waals surface area contributed by atoms with Crippen LogP contribution in [0.2, 0.25) is 0 Å². The minimum absolute atomic E-state index is 0.0242. The summed E-state index contributed by atoms with van der Waals surface area (Å²) in [5.41, 5.74) is 0.974. The van der Waals surface area contributed by atoms with Crippen LogP contribution >= 0.6 is 0 Å². The van der Waals surface area contributed by atoms with Crippen molar-refractivity contribution in [3.05, 3.63) is 18.7 Å². The second kappa shape index (κ2) is 5.61. The van der Waals surface area contributed by atoms with Crippen LogP contribution < -0.4 is 4.90 Å². The number of carbonyl (C=O) groups is 1. The Hall–Kier alpha value is -1.65. The fourth-order valence-corrected chi connectivity index (χ4v) is 2.12. The number of esters is 1. The van der Waals surface area contributed by atoms with Gasteiger partial charge in [0.05, 0.1) is 30.6 Å². The number of carbonyl (C=O) groups excluding carboxylic acids is 1. The van der Waals surface area contributed by atoms with E-state index in [-0.39, 0.29) is 11.9 Å². The quantitative estimate of drug-likeness (QED) is 0.738. The van der Waals surface area contributed by atoms with Crippen LogP contribution in [-0.2, 0) is 9.53 Å². The van der Waals surface area contributed by atoms with Gasteiger partial charge in [-0.15, -0.1) is 0 Å². The van der Waals surface area contributed by atoms with E-state index >= 15 is 0 Å². The third-order valence-electron chi connectivity index (χ3n) is 2.95. The molecule has 0 bridgehead atoms. The fourth-order valence-electron chi connectivity index (χ4n) is 2.12. The summed E-state index contributed by atoms with van der Waals surface area (Å²) in [5, 5.41) is 0. The van der Waals surface area contributed by atoms with Crippen molar-refractivity contribution in [3.8, 4) is 0 Å². The maximum atomic E-state index is 11.7. The van der Waals surface area contributed by atoms with Gasteiger partial charge in [-0.1, -0.05) is 0 Å². The summed E-state index contributed by atoms with van der Waals surface area (Å²) >= 11 is 0. The summed E-state index contributed by atoms with van der Waals surface area (Å²) in [4.78, 5) is 21.8. The van der Waals surface area contributed by atoms with E-state index in [0.29, 0.717) is 13.2 Å². The van der Waals surface area contributed by atoms with Crippen molar-refractivity contribution in [2.24, 2.45) is 5.92 Å². The average Bonchev–Trinajstić information content (AvgIpc) is 2.40. The predicted molar refractivity (Wildman–Crippen MR) is 63.6 cm³/mol. The van der Waals surface area contributed by atoms with Crippen LogP contribution in [0.4, 0.5) is 5.69 Å². The first-order chi connectivity index (χ1) is 8.31. The van der Waals surface area contributed by atoms with E-state index in [1.165, 1.54) is 6.33 Å². The molecule has 1 unspecified atom stereocenters. The smallest absolute Gasteiger partial charge is 0.310 e. The van der Waals surface area contributed by atoms with E-state index in [4.69, 9.17) is 4.74 Å². The Morgan fingerprint density at radius 1 is 1.53 bits per heavy atom. The van der Waals surface area contributed by atoms with Gasteiger partial charge in [0, 0.05) is 13.1 Å². The molecule has 0 radical (unpaired) electrons. The molecule has 2 heterocycles. The summed E-state index contributed by atoms with van der Waals surface area (Å²) in [7, 11) is 0. The van der Waals surface area contributed by atoms with Crippen molar-refractivity contribution in [3.63, 3.8) is 0 Å². The summed E-state index contributed by atoms with van der Waals surface area (Å²) < 4.78 is 5.07. The van der Waals surface area contributed by atoms with Gasteiger partial charge in [0.15, 0.2) is 0 Å². The highest BCUT2D eigenvalue weighted by Gasteiger charge is 2.27. The van der Waals surface area contributed by atoms with E-state index in [1.54, 1.807) is 12.4 Å². The van der Waals surface area contributed by atoms with E-state index in [1.807, 2.05) is 6.92 Å². The molecule has 1 aliphatic rings. The third-order valence-corrected chi connectivity index (χ3v) is 2.95. The number of hydrogen-bond donors (Lipinski definition) is 0. The predicted octanol–water partition coefficient (Wildman–Crippen LogP) is 1.26. The molecule has 0 spiro atoms. The van der Waals surface area contributed by atoms with Crippen LogP contribution in [0.15, 0.2) is 18.7 Å². The molecule has 1 aliphatic heterocycles. The zero-order valence-corrected chi connectivity index (χ0v) is 10.0. The third kappa shape index (κ3) is 2.93. The summed E-state index contributed by atoms with van der Waals surface area (Å²) in [6.45, 7) is 3.93. The van der Waals surface area contributed by atoms with E-state index in [9.17, 15) is 4.79 Å². The first-order valence-corrected chi connectivity index (χ1v) is 5.98. The summed E-state index contributed by atoms with van der Waals surface area (Å²) in [6.07, 6.45) is 6.97. The second-order valence-electron chi connectivity index (χ2n) is 4.13. The number of piperidine rings is 1. The topological polar surface area (TPSA) is 55.3 Å². The highest BCUT2D eigenvalue weighted by Crippen LogP contribution is 2.22. The lowest BCUT2D eigenvalue weighted by atomic mass is 9.98. The molecule has 1 atom stereocenters. The van der Waals surface area contributed by atoms with Gasteiger partial charge in [-0.3, -0.25) is 4.79 Å². The highest BCUT2D eigenvalue weighted by molar-refractivity contribution is 5.73. The van der Waals surface area contributed by atoms with Crippen LogP contribution in [0.3, 0.4) is 0 Å². The Balaban J connectivity index is 2.00. The Bertz CT molecular complexity index is 369. The van der Waals surface area contributed by atoms with Crippen molar-refractivity contribution in [1.29, 1.82) is 0 Å². The Morgan fingerprint density at radius 2 is 2.29 bits per heavy atom. The van der Waals surface area contributed by atoms with Gasteiger partial charge in [0.2, 0.25) is 0 Å². The second-order valence-corrected chi connectivity index (χ2v) is 4.13. The maximum absolute atomic E-state index is 11.7. The first kappa shape index (κ1) is 11.8. The number of hydrogen-bond acceptors (Lipinski definition) is 5. The van der Waals surface area contributed by atoms with Crippen LogP contribution in [0.5, 0.6) is 0 Å². The van der Waals surface area contributed by atoms with Crippen molar-refractivity contribution in [2.75, 3.05) is 24.6 Å². The molecule has 0 saturated carbocycles. The molecule has 1 aromatic rings. The normalized spacial score (nSPS) is 20.1. The number of aromatic nitrogens is 2. The standard InChI is InChI=1S/C12H17N3O2/c1-2-17-12(16)10-4-3-5-15(8-10)11-6-13-9-14-7-11/h6-7,9-10H,2-5,8H2,1H3. The van der Waals surface area contributed by atoms with Crippen molar-refractivity contribution < 1.29 is 9.53 Å². The molecule has 5 nitrogen and oxygen atoms in total. The molecule has 1 fully saturated rings. The number of nitrogens with zero attached hydrogens (tertiary/aromatic N) is 3.